The second-order valence-electron chi connectivity index (χ2n) is 4.25. The van der Waals surface area contributed by atoms with Crippen molar-refractivity contribution in [3.63, 3.8) is 0 Å². The molecule has 0 radical (unpaired) electrons. The van der Waals surface area contributed by atoms with E-state index in [0.29, 0.717) is 6.54 Å². The molecule has 0 aliphatic rings. The van der Waals surface area contributed by atoms with Gasteiger partial charge in [0.15, 0.2) is 0 Å². The molecule has 0 spiro atoms. The third-order valence-corrected chi connectivity index (χ3v) is 4.16. The van der Waals surface area contributed by atoms with E-state index in [9.17, 15) is 8.42 Å². The second-order valence-corrected chi connectivity index (χ2v) is 6.02. The van der Waals surface area contributed by atoms with Crippen LogP contribution in [0.25, 0.3) is 11.0 Å². The van der Waals surface area contributed by atoms with E-state index in [2.05, 4.69) is 14.7 Å². The molecule has 1 heterocycles. The van der Waals surface area contributed by atoms with Crippen molar-refractivity contribution >= 4 is 21.1 Å². The zero-order valence-corrected chi connectivity index (χ0v) is 11.3. The first-order valence-electron chi connectivity index (χ1n) is 5.99. The molecule has 2 aromatic rings. The summed E-state index contributed by atoms with van der Waals surface area (Å²) in [5.41, 5.74) is 1.52. The van der Waals surface area contributed by atoms with E-state index >= 15 is 0 Å². The smallest absolute Gasteiger partial charge is 0.240 e. The molecule has 0 bridgehead atoms. The van der Waals surface area contributed by atoms with E-state index in [1.165, 1.54) is 0 Å². The molecule has 0 saturated heterocycles. The maximum Gasteiger partial charge on any atom is 0.240 e. The molecule has 6 heteroatoms. The molecule has 0 aliphatic heterocycles. The molecule has 18 heavy (non-hydrogen) atoms. The average Bonchev–Trinajstić information content (AvgIpc) is 2.68. The Kier molecular flexibility index (Phi) is 3.68. The molecular weight excluding hydrogens is 250 g/mol. The zero-order chi connectivity index (χ0) is 13.2. The molecule has 0 fully saturated rings. The SMILES string of the molecule is CCCCNS(=O)(=O)c1ccc2nc(C)[nH]c2c1. The Morgan fingerprint density at radius 2 is 2.17 bits per heavy atom. The summed E-state index contributed by atoms with van der Waals surface area (Å²) in [6.45, 7) is 4.33. The molecule has 0 atom stereocenters. The zero-order valence-electron chi connectivity index (χ0n) is 10.5. The third-order valence-electron chi connectivity index (χ3n) is 2.70. The molecule has 1 aromatic heterocycles. The average molecular weight is 267 g/mol. The number of aryl methyl sites for hydroxylation is 1. The summed E-state index contributed by atoms with van der Waals surface area (Å²) in [5.74, 6) is 0.776. The van der Waals surface area contributed by atoms with Crippen LogP contribution in [0.3, 0.4) is 0 Å². The number of nitrogens with zero attached hydrogens (tertiary/aromatic N) is 1. The molecule has 0 saturated carbocycles. The minimum Gasteiger partial charge on any atom is -0.342 e. The second kappa shape index (κ2) is 5.07. The highest BCUT2D eigenvalue weighted by Crippen LogP contribution is 2.17. The van der Waals surface area contributed by atoms with Crippen LogP contribution in [0.4, 0.5) is 0 Å². The van der Waals surface area contributed by atoms with Crippen LogP contribution >= 0.6 is 0 Å². The van der Waals surface area contributed by atoms with E-state index in [1.807, 2.05) is 13.8 Å². The summed E-state index contributed by atoms with van der Waals surface area (Å²) >= 11 is 0. The van der Waals surface area contributed by atoms with Crippen LogP contribution in [0.5, 0.6) is 0 Å². The number of rotatable bonds is 5. The largest absolute Gasteiger partial charge is 0.342 e. The van der Waals surface area contributed by atoms with Gasteiger partial charge in [0.25, 0.3) is 0 Å². The van der Waals surface area contributed by atoms with Crippen molar-refractivity contribution in [2.75, 3.05) is 6.54 Å². The normalized spacial score (nSPS) is 12.1. The van der Waals surface area contributed by atoms with Crippen molar-refractivity contribution in [2.24, 2.45) is 0 Å². The van der Waals surface area contributed by atoms with Gasteiger partial charge < -0.3 is 4.98 Å². The quantitative estimate of drug-likeness (QED) is 0.813. The van der Waals surface area contributed by atoms with Gasteiger partial charge >= 0.3 is 0 Å². The minimum absolute atomic E-state index is 0.273. The Morgan fingerprint density at radius 1 is 1.39 bits per heavy atom. The molecule has 5 nitrogen and oxygen atoms in total. The Morgan fingerprint density at radius 3 is 2.89 bits per heavy atom. The van der Waals surface area contributed by atoms with E-state index in [0.717, 1.165) is 29.7 Å². The lowest BCUT2D eigenvalue weighted by atomic mass is 10.3. The summed E-state index contributed by atoms with van der Waals surface area (Å²) in [7, 11) is -3.41. The van der Waals surface area contributed by atoms with Crippen LogP contribution < -0.4 is 4.72 Å². The minimum atomic E-state index is -3.41. The van der Waals surface area contributed by atoms with Crippen LogP contribution in [-0.2, 0) is 10.0 Å². The number of fused-ring (bicyclic) bond motifs is 1. The number of hydrogen-bond donors (Lipinski definition) is 2. The number of hydrogen-bond acceptors (Lipinski definition) is 3. The van der Waals surface area contributed by atoms with Crippen molar-refractivity contribution < 1.29 is 8.42 Å². The molecule has 98 valence electrons. The van der Waals surface area contributed by atoms with Crippen LogP contribution in [-0.4, -0.2) is 24.9 Å². The summed E-state index contributed by atoms with van der Waals surface area (Å²) in [5, 5.41) is 0. The lowest BCUT2D eigenvalue weighted by Gasteiger charge is -2.05. The first-order valence-corrected chi connectivity index (χ1v) is 7.47. The third kappa shape index (κ3) is 2.70. The Balaban J connectivity index is 2.29. The Bertz CT molecular complexity index is 646. The highest BCUT2D eigenvalue weighted by molar-refractivity contribution is 7.89. The predicted octanol–water partition coefficient (Wildman–Crippen LogP) is 1.95. The lowest BCUT2D eigenvalue weighted by molar-refractivity contribution is 0.578. The van der Waals surface area contributed by atoms with Gasteiger partial charge in [-0.2, -0.15) is 0 Å². The summed E-state index contributed by atoms with van der Waals surface area (Å²) in [4.78, 5) is 7.55. The molecule has 1 aromatic carbocycles. The lowest BCUT2D eigenvalue weighted by Crippen LogP contribution is -2.24. The first kappa shape index (κ1) is 13.0. The van der Waals surface area contributed by atoms with Gasteiger partial charge in [0.1, 0.15) is 5.82 Å². The van der Waals surface area contributed by atoms with Crippen LogP contribution in [0.15, 0.2) is 23.1 Å². The number of unbranched alkanes of at least 4 members (excludes halogenated alkanes) is 1. The number of H-pyrrole nitrogens is 1. The van der Waals surface area contributed by atoms with Crippen LogP contribution in [0.2, 0.25) is 0 Å². The van der Waals surface area contributed by atoms with Gasteiger partial charge in [0, 0.05) is 6.54 Å². The van der Waals surface area contributed by atoms with E-state index in [4.69, 9.17) is 0 Å². The monoisotopic (exact) mass is 267 g/mol. The van der Waals surface area contributed by atoms with Crippen LogP contribution in [0, 0.1) is 6.92 Å². The molecule has 2 rings (SSSR count). The van der Waals surface area contributed by atoms with Crippen molar-refractivity contribution in [1.82, 2.24) is 14.7 Å². The maximum absolute atomic E-state index is 12.0. The number of sulfonamides is 1. The van der Waals surface area contributed by atoms with Gasteiger partial charge in [-0.05, 0) is 31.5 Å². The van der Waals surface area contributed by atoms with Crippen molar-refractivity contribution in [2.45, 2.75) is 31.6 Å². The number of aromatic amines is 1. The number of aromatic nitrogens is 2. The van der Waals surface area contributed by atoms with Gasteiger partial charge in [-0.15, -0.1) is 0 Å². The molecule has 0 unspecified atom stereocenters. The van der Waals surface area contributed by atoms with Gasteiger partial charge in [0.05, 0.1) is 15.9 Å². The maximum atomic E-state index is 12.0. The van der Waals surface area contributed by atoms with Gasteiger partial charge in [-0.3, -0.25) is 0 Å². The van der Waals surface area contributed by atoms with Gasteiger partial charge in [-0.1, -0.05) is 13.3 Å². The highest BCUT2D eigenvalue weighted by Gasteiger charge is 2.14. The Labute approximate surface area is 107 Å². The number of imidazole rings is 1. The molecular formula is C12H17N3O2S. The summed E-state index contributed by atoms with van der Waals surface area (Å²) in [6, 6.07) is 4.91. The first-order chi connectivity index (χ1) is 8.53. The van der Waals surface area contributed by atoms with Crippen molar-refractivity contribution in [3.8, 4) is 0 Å². The fourth-order valence-electron chi connectivity index (χ4n) is 1.75. The van der Waals surface area contributed by atoms with Gasteiger partial charge in [0.2, 0.25) is 10.0 Å². The number of benzene rings is 1. The summed E-state index contributed by atoms with van der Waals surface area (Å²) in [6.07, 6.45) is 1.80. The van der Waals surface area contributed by atoms with Crippen LogP contribution in [0.1, 0.15) is 25.6 Å². The number of nitrogens with one attached hydrogen (secondary N) is 2. The molecule has 2 N–H and O–H groups in total. The van der Waals surface area contributed by atoms with Crippen molar-refractivity contribution in [1.29, 1.82) is 0 Å². The topological polar surface area (TPSA) is 74.8 Å². The van der Waals surface area contributed by atoms with E-state index in [-0.39, 0.29) is 4.90 Å². The highest BCUT2D eigenvalue weighted by atomic mass is 32.2. The summed E-state index contributed by atoms with van der Waals surface area (Å²) < 4.78 is 26.6. The predicted molar refractivity (Wildman–Crippen MR) is 70.9 cm³/mol. The fraction of sp³-hybridized carbons (Fsp3) is 0.417. The molecule has 0 aliphatic carbocycles. The fourth-order valence-corrected chi connectivity index (χ4v) is 2.85. The van der Waals surface area contributed by atoms with Crippen molar-refractivity contribution in [3.05, 3.63) is 24.0 Å². The Hall–Kier alpha value is -1.40. The molecule has 0 amide bonds. The standard InChI is InChI=1S/C12H17N3O2S/c1-3-4-7-13-18(16,17)10-5-6-11-12(8-10)15-9(2)14-11/h5-6,8,13H,3-4,7H2,1-2H3,(H,14,15). The van der Waals surface area contributed by atoms with Gasteiger partial charge in [-0.25, -0.2) is 18.1 Å². The van der Waals surface area contributed by atoms with E-state index < -0.39 is 10.0 Å². The van der Waals surface area contributed by atoms with E-state index in [1.54, 1.807) is 18.2 Å².